The van der Waals surface area contributed by atoms with Gasteiger partial charge in [0.25, 0.3) is 0 Å². The molecule has 0 spiro atoms. The highest BCUT2D eigenvalue weighted by atomic mass is 19.1. The van der Waals surface area contributed by atoms with Crippen molar-refractivity contribution in [2.45, 2.75) is 13.0 Å². The van der Waals surface area contributed by atoms with Crippen molar-refractivity contribution >= 4 is 0 Å². The Kier molecular flexibility index (Phi) is 4.28. The van der Waals surface area contributed by atoms with Crippen molar-refractivity contribution < 1.29 is 9.13 Å². The number of benzene rings is 1. The van der Waals surface area contributed by atoms with Crippen LogP contribution in [0.15, 0.2) is 36.5 Å². The van der Waals surface area contributed by atoms with Crippen molar-refractivity contribution in [3.05, 3.63) is 53.6 Å². The number of rotatable bonds is 4. The van der Waals surface area contributed by atoms with E-state index in [0.717, 1.165) is 5.69 Å². The van der Waals surface area contributed by atoms with Crippen LogP contribution in [0.25, 0.3) is 0 Å². The molecule has 5 heteroatoms. The van der Waals surface area contributed by atoms with Crippen LogP contribution < -0.4 is 10.1 Å². The number of nitrogens with one attached hydrogen (secondary N) is 1. The first-order valence-corrected chi connectivity index (χ1v) is 6.14. The van der Waals surface area contributed by atoms with E-state index in [1.807, 2.05) is 20.0 Å². The molecule has 1 heterocycles. The van der Waals surface area contributed by atoms with Crippen LogP contribution in [0.3, 0.4) is 0 Å². The van der Waals surface area contributed by atoms with E-state index in [0.29, 0.717) is 11.5 Å². The molecule has 1 aromatic carbocycles. The second-order valence-electron chi connectivity index (χ2n) is 4.28. The maximum Gasteiger partial charge on any atom is 0.145 e. The Hall–Kier alpha value is -2.45. The van der Waals surface area contributed by atoms with Crippen molar-refractivity contribution in [1.29, 1.82) is 5.26 Å². The van der Waals surface area contributed by atoms with Gasteiger partial charge >= 0.3 is 0 Å². The molecule has 2 rings (SSSR count). The van der Waals surface area contributed by atoms with E-state index in [-0.39, 0.29) is 11.6 Å². The molecule has 1 aromatic heterocycles. The lowest BCUT2D eigenvalue weighted by Gasteiger charge is -2.10. The maximum absolute atomic E-state index is 13.4. The summed E-state index contributed by atoms with van der Waals surface area (Å²) in [6, 6.07) is 9.64. The topological polar surface area (TPSA) is 57.9 Å². The van der Waals surface area contributed by atoms with Crippen LogP contribution in [0.2, 0.25) is 0 Å². The van der Waals surface area contributed by atoms with Crippen molar-refractivity contribution in [2.24, 2.45) is 0 Å². The monoisotopic (exact) mass is 271 g/mol. The first-order chi connectivity index (χ1) is 9.63. The normalized spacial score (nSPS) is 11.7. The van der Waals surface area contributed by atoms with Gasteiger partial charge in [0.1, 0.15) is 23.4 Å². The van der Waals surface area contributed by atoms with E-state index in [1.165, 1.54) is 12.1 Å². The fourth-order valence-corrected chi connectivity index (χ4v) is 1.64. The van der Waals surface area contributed by atoms with Gasteiger partial charge in [0, 0.05) is 12.1 Å². The van der Waals surface area contributed by atoms with Crippen LogP contribution in [0.1, 0.15) is 24.2 Å². The van der Waals surface area contributed by atoms with E-state index in [4.69, 9.17) is 10.00 Å². The molecule has 0 aliphatic heterocycles. The number of hydrogen-bond donors (Lipinski definition) is 1. The molecule has 1 N–H and O–H groups in total. The van der Waals surface area contributed by atoms with Crippen LogP contribution >= 0.6 is 0 Å². The molecular weight excluding hydrogens is 257 g/mol. The van der Waals surface area contributed by atoms with Gasteiger partial charge in [-0.25, -0.2) is 4.39 Å². The zero-order valence-electron chi connectivity index (χ0n) is 11.2. The van der Waals surface area contributed by atoms with E-state index < -0.39 is 5.82 Å². The van der Waals surface area contributed by atoms with Crippen LogP contribution in [-0.4, -0.2) is 12.0 Å². The summed E-state index contributed by atoms with van der Waals surface area (Å²) < 4.78 is 18.9. The molecule has 0 radical (unpaired) electrons. The summed E-state index contributed by atoms with van der Waals surface area (Å²) in [5, 5.41) is 11.7. The molecule has 2 aromatic rings. The minimum absolute atomic E-state index is 0.00586. The first-order valence-electron chi connectivity index (χ1n) is 6.14. The third-order valence-corrected chi connectivity index (χ3v) is 2.93. The molecule has 0 bridgehead atoms. The van der Waals surface area contributed by atoms with E-state index in [2.05, 4.69) is 10.3 Å². The molecule has 0 saturated carbocycles. The summed E-state index contributed by atoms with van der Waals surface area (Å²) in [5.74, 6) is 0.247. The number of halogens is 1. The van der Waals surface area contributed by atoms with Crippen molar-refractivity contribution in [2.75, 3.05) is 7.05 Å². The van der Waals surface area contributed by atoms with Gasteiger partial charge in [-0.05, 0) is 38.2 Å². The highest BCUT2D eigenvalue weighted by Gasteiger charge is 2.06. The quantitative estimate of drug-likeness (QED) is 0.928. The molecule has 0 aliphatic carbocycles. The van der Waals surface area contributed by atoms with Gasteiger partial charge in [-0.3, -0.25) is 4.98 Å². The van der Waals surface area contributed by atoms with Crippen molar-refractivity contribution in [1.82, 2.24) is 10.3 Å². The number of aromatic nitrogens is 1. The summed E-state index contributed by atoms with van der Waals surface area (Å²) >= 11 is 0. The van der Waals surface area contributed by atoms with Gasteiger partial charge in [-0.15, -0.1) is 0 Å². The average molecular weight is 271 g/mol. The molecule has 102 valence electrons. The zero-order valence-corrected chi connectivity index (χ0v) is 11.2. The van der Waals surface area contributed by atoms with Crippen LogP contribution in [-0.2, 0) is 0 Å². The minimum Gasteiger partial charge on any atom is -0.456 e. The third-order valence-electron chi connectivity index (χ3n) is 2.93. The van der Waals surface area contributed by atoms with Crippen molar-refractivity contribution in [3.63, 3.8) is 0 Å². The lowest BCUT2D eigenvalue weighted by atomic mass is 10.2. The molecule has 4 nitrogen and oxygen atoms in total. The summed E-state index contributed by atoms with van der Waals surface area (Å²) in [6.07, 6.45) is 1.58. The van der Waals surface area contributed by atoms with Gasteiger partial charge < -0.3 is 10.1 Å². The number of hydrogen-bond acceptors (Lipinski definition) is 4. The van der Waals surface area contributed by atoms with Gasteiger partial charge in [-0.2, -0.15) is 5.26 Å². The highest BCUT2D eigenvalue weighted by Crippen LogP contribution is 2.23. The standard InChI is InChI=1S/C15H14FN3O/c1-10(18-2)15-6-5-13(9-19-15)20-12-4-3-11(8-17)14(16)7-12/h3-7,9-10,18H,1-2H3. The second kappa shape index (κ2) is 6.13. The Morgan fingerprint density at radius 1 is 1.30 bits per heavy atom. The Bertz CT molecular complexity index is 635. The largest absolute Gasteiger partial charge is 0.456 e. The molecule has 1 atom stereocenters. The fraction of sp³-hybridized carbons (Fsp3) is 0.200. The average Bonchev–Trinajstić information content (AvgIpc) is 2.47. The predicted molar refractivity (Wildman–Crippen MR) is 72.9 cm³/mol. The summed E-state index contributed by atoms with van der Waals surface area (Å²) in [7, 11) is 1.86. The molecule has 0 fully saturated rings. The molecule has 0 amide bonds. The van der Waals surface area contributed by atoms with Gasteiger partial charge in [0.2, 0.25) is 0 Å². The maximum atomic E-state index is 13.4. The van der Waals surface area contributed by atoms with Crippen LogP contribution in [0.4, 0.5) is 4.39 Å². The SMILES string of the molecule is CNC(C)c1ccc(Oc2ccc(C#N)c(F)c2)cn1. The Morgan fingerprint density at radius 2 is 2.05 bits per heavy atom. The number of pyridine rings is 1. The van der Waals surface area contributed by atoms with E-state index >= 15 is 0 Å². The second-order valence-corrected chi connectivity index (χ2v) is 4.28. The van der Waals surface area contributed by atoms with Gasteiger partial charge in [-0.1, -0.05) is 0 Å². The number of nitriles is 1. The van der Waals surface area contributed by atoms with Gasteiger partial charge in [0.15, 0.2) is 0 Å². The fourth-order valence-electron chi connectivity index (χ4n) is 1.64. The van der Waals surface area contributed by atoms with Crippen LogP contribution in [0, 0.1) is 17.1 Å². The predicted octanol–water partition coefficient (Wildman–Crippen LogP) is 3.17. The molecule has 0 aliphatic rings. The third kappa shape index (κ3) is 3.11. The Balaban J connectivity index is 2.14. The number of nitrogens with zero attached hydrogens (tertiary/aromatic N) is 2. The van der Waals surface area contributed by atoms with E-state index in [9.17, 15) is 4.39 Å². The number of ether oxygens (including phenoxy) is 1. The lowest BCUT2D eigenvalue weighted by molar-refractivity contribution is 0.473. The Labute approximate surface area is 116 Å². The lowest BCUT2D eigenvalue weighted by Crippen LogP contribution is -2.13. The minimum atomic E-state index is -0.599. The smallest absolute Gasteiger partial charge is 0.145 e. The summed E-state index contributed by atoms with van der Waals surface area (Å²) in [6.45, 7) is 2.00. The molecule has 0 saturated heterocycles. The summed E-state index contributed by atoms with van der Waals surface area (Å²) in [5.41, 5.74) is 0.888. The zero-order chi connectivity index (χ0) is 14.5. The van der Waals surface area contributed by atoms with Crippen molar-refractivity contribution in [3.8, 4) is 17.6 Å². The Morgan fingerprint density at radius 3 is 2.60 bits per heavy atom. The first kappa shape index (κ1) is 14.0. The van der Waals surface area contributed by atoms with E-state index in [1.54, 1.807) is 24.4 Å². The van der Waals surface area contributed by atoms with Gasteiger partial charge in [0.05, 0.1) is 17.5 Å². The van der Waals surface area contributed by atoms with Crippen LogP contribution in [0.5, 0.6) is 11.5 Å². The molecular formula is C15H14FN3O. The molecule has 20 heavy (non-hydrogen) atoms. The highest BCUT2D eigenvalue weighted by molar-refractivity contribution is 5.38. The summed E-state index contributed by atoms with van der Waals surface area (Å²) in [4.78, 5) is 4.27. The molecule has 1 unspecified atom stereocenters.